The van der Waals surface area contributed by atoms with Crippen LogP contribution in [0.1, 0.15) is 20.8 Å². The fraction of sp³-hybridized carbons (Fsp3) is 0.200. The van der Waals surface area contributed by atoms with Gasteiger partial charge >= 0.3 is 5.65 Å². The Kier molecular flexibility index (Phi) is 2.34. The minimum Gasteiger partial charge on any atom is -0.227 e. The average Bonchev–Trinajstić information content (AvgIpc) is 2.95. The molecule has 0 fully saturated rings. The number of aromatic nitrogens is 3. The highest BCUT2D eigenvalue weighted by Crippen LogP contribution is 2.26. The Morgan fingerprint density at radius 1 is 1.13 bits per heavy atom. The van der Waals surface area contributed by atoms with Gasteiger partial charge in [-0.1, -0.05) is 17.7 Å². The van der Waals surface area contributed by atoms with E-state index in [-0.39, 0.29) is 0 Å². The number of fused-ring (bicyclic) bond motifs is 3. The third-order valence-corrected chi connectivity index (χ3v) is 4.44. The maximum absolute atomic E-state index is 7.85. The summed E-state index contributed by atoms with van der Waals surface area (Å²) in [7, 11) is 2.00. The molecule has 0 saturated heterocycles. The number of hydrogen-bond acceptors (Lipinski definition) is 1. The molecule has 3 heterocycles. The van der Waals surface area contributed by atoms with Crippen LogP contribution in [0.15, 0.2) is 48.7 Å². The van der Waals surface area contributed by atoms with Gasteiger partial charge in [0.15, 0.2) is 5.52 Å². The zero-order chi connectivity index (χ0) is 18.6. The summed E-state index contributed by atoms with van der Waals surface area (Å²) >= 11 is 0. The van der Waals surface area contributed by atoms with Gasteiger partial charge in [0.1, 0.15) is 5.69 Å². The molecule has 4 rings (SSSR count). The van der Waals surface area contributed by atoms with Crippen molar-refractivity contribution in [1.82, 2.24) is 9.38 Å². The third kappa shape index (κ3) is 2.04. The van der Waals surface area contributed by atoms with Gasteiger partial charge in [0.2, 0.25) is 5.65 Å². The molecule has 0 spiro atoms. The predicted octanol–water partition coefficient (Wildman–Crippen LogP) is 3.90. The monoisotopic (exact) mass is 305 g/mol. The molecule has 0 bridgehead atoms. The molecule has 0 aliphatic rings. The lowest BCUT2D eigenvalue weighted by Crippen LogP contribution is -2.33. The van der Waals surface area contributed by atoms with Gasteiger partial charge < -0.3 is 0 Å². The molecule has 3 aromatic heterocycles. The van der Waals surface area contributed by atoms with E-state index in [0.717, 1.165) is 39.2 Å². The van der Waals surface area contributed by atoms with Gasteiger partial charge in [0.05, 0.1) is 13.2 Å². The highest BCUT2D eigenvalue weighted by Gasteiger charge is 2.19. The number of nitrogens with zero attached hydrogens (tertiary/aromatic N) is 3. The van der Waals surface area contributed by atoms with Crippen LogP contribution in [0.5, 0.6) is 0 Å². The summed E-state index contributed by atoms with van der Waals surface area (Å²) in [6.45, 7) is 1.69. The summed E-state index contributed by atoms with van der Waals surface area (Å²) in [5, 5.41) is 0. The van der Waals surface area contributed by atoms with E-state index in [0.29, 0.717) is 5.56 Å². The van der Waals surface area contributed by atoms with E-state index in [2.05, 4.69) is 20.0 Å². The van der Waals surface area contributed by atoms with Crippen LogP contribution in [-0.4, -0.2) is 9.38 Å². The minimum absolute atomic E-state index is 0.408. The number of imidazole rings is 1. The Labute approximate surface area is 140 Å². The van der Waals surface area contributed by atoms with Crippen molar-refractivity contribution in [3.63, 3.8) is 0 Å². The van der Waals surface area contributed by atoms with Gasteiger partial charge in [0.25, 0.3) is 0 Å². The smallest absolute Gasteiger partial charge is 0.227 e. The van der Waals surface area contributed by atoms with Crippen LogP contribution < -0.4 is 4.57 Å². The second-order valence-corrected chi connectivity index (χ2v) is 6.01. The van der Waals surface area contributed by atoms with Gasteiger partial charge in [-0.3, -0.25) is 0 Å². The molecule has 0 aliphatic carbocycles. The molecule has 3 nitrogen and oxygen atoms in total. The number of hydrogen-bond donors (Lipinski definition) is 0. The van der Waals surface area contributed by atoms with Gasteiger partial charge in [-0.05, 0) is 56.1 Å². The van der Waals surface area contributed by atoms with Crippen molar-refractivity contribution in [3.8, 4) is 11.3 Å². The van der Waals surface area contributed by atoms with Crippen molar-refractivity contribution in [2.24, 2.45) is 7.05 Å². The third-order valence-electron chi connectivity index (χ3n) is 4.44. The normalized spacial score (nSPS) is 14.0. The van der Waals surface area contributed by atoms with E-state index in [4.69, 9.17) is 4.11 Å². The first-order valence-corrected chi connectivity index (χ1v) is 7.65. The first-order chi connectivity index (χ1) is 12.3. The molecule has 0 N–H and O–H groups in total. The second-order valence-electron chi connectivity index (χ2n) is 6.01. The van der Waals surface area contributed by atoms with Crippen molar-refractivity contribution < 1.29 is 8.68 Å². The fourth-order valence-corrected chi connectivity index (χ4v) is 3.23. The lowest BCUT2D eigenvalue weighted by atomic mass is 9.97. The van der Waals surface area contributed by atoms with Crippen LogP contribution in [0.4, 0.5) is 0 Å². The van der Waals surface area contributed by atoms with Crippen molar-refractivity contribution in [2.45, 2.75) is 20.7 Å². The molecule has 0 atom stereocenters. The van der Waals surface area contributed by atoms with Crippen LogP contribution in [0, 0.1) is 20.7 Å². The van der Waals surface area contributed by atoms with E-state index < -0.39 is 6.85 Å². The van der Waals surface area contributed by atoms with Gasteiger partial charge in [0, 0.05) is 15.7 Å². The predicted molar refractivity (Wildman–Crippen MR) is 93.5 cm³/mol. The highest BCUT2D eigenvalue weighted by atomic mass is 15.1. The SMILES string of the molecule is [2H]C([2H])([2H])c1cc(C)cc(-c2ccc3nc4ccccn4c3[n+]2C)c1C. The Hall–Kier alpha value is -2.68. The van der Waals surface area contributed by atoms with Crippen LogP contribution in [-0.2, 0) is 7.05 Å². The zero-order valence-corrected chi connectivity index (χ0v) is 13.5. The molecule has 0 radical (unpaired) electrons. The highest BCUT2D eigenvalue weighted by molar-refractivity contribution is 5.76. The van der Waals surface area contributed by atoms with E-state index in [9.17, 15) is 0 Å². The van der Waals surface area contributed by atoms with Crippen LogP contribution in [0.2, 0.25) is 0 Å². The summed E-state index contributed by atoms with van der Waals surface area (Å²) < 4.78 is 27.7. The topological polar surface area (TPSA) is 21.2 Å². The van der Waals surface area contributed by atoms with E-state index in [1.54, 1.807) is 6.07 Å². The lowest BCUT2D eigenvalue weighted by molar-refractivity contribution is -0.635. The molecule has 0 amide bonds. The molecule has 4 aromatic rings. The maximum atomic E-state index is 7.85. The summed E-state index contributed by atoms with van der Waals surface area (Å²) in [5.74, 6) is 0. The average molecular weight is 305 g/mol. The van der Waals surface area contributed by atoms with Crippen molar-refractivity contribution >= 4 is 16.8 Å². The van der Waals surface area contributed by atoms with E-state index in [1.807, 2.05) is 57.4 Å². The fourth-order valence-electron chi connectivity index (χ4n) is 3.23. The molecule has 0 unspecified atom stereocenters. The second kappa shape index (κ2) is 4.92. The van der Waals surface area contributed by atoms with Crippen LogP contribution in [0.25, 0.3) is 28.1 Å². The van der Waals surface area contributed by atoms with Crippen molar-refractivity contribution in [1.29, 1.82) is 0 Å². The number of rotatable bonds is 1. The molecular formula is C20H20N3+. The standard InChI is InChI=1S/C20H20N3/c1-13-11-14(2)15(3)16(12-13)18-9-8-17-20(22(18)4)23-10-6-5-7-19(23)21-17/h5-12H,1-4H3/q+1/i2D3. The van der Waals surface area contributed by atoms with Gasteiger partial charge in [-0.2, -0.15) is 4.40 Å². The number of aryl methyl sites for hydroxylation is 3. The first kappa shape index (κ1) is 10.9. The van der Waals surface area contributed by atoms with E-state index >= 15 is 0 Å². The maximum Gasteiger partial charge on any atom is 0.314 e. The molecule has 0 aliphatic heterocycles. The Balaban J connectivity index is 2.05. The number of benzene rings is 1. The molecule has 23 heavy (non-hydrogen) atoms. The lowest BCUT2D eigenvalue weighted by Gasteiger charge is -2.11. The molecule has 114 valence electrons. The van der Waals surface area contributed by atoms with Crippen LogP contribution in [0.3, 0.4) is 0 Å². The van der Waals surface area contributed by atoms with Crippen LogP contribution >= 0.6 is 0 Å². The minimum atomic E-state index is -2.13. The summed E-state index contributed by atoms with van der Waals surface area (Å²) in [5.41, 5.74) is 6.82. The zero-order valence-electron chi connectivity index (χ0n) is 16.5. The van der Waals surface area contributed by atoms with Crippen molar-refractivity contribution in [2.75, 3.05) is 0 Å². The molecule has 1 aromatic carbocycles. The summed E-state index contributed by atoms with van der Waals surface area (Å²) in [4.78, 5) is 4.66. The first-order valence-electron chi connectivity index (χ1n) is 9.15. The quantitative estimate of drug-likeness (QED) is 0.489. The van der Waals surface area contributed by atoms with Crippen molar-refractivity contribution in [3.05, 3.63) is 65.4 Å². The van der Waals surface area contributed by atoms with Gasteiger partial charge in [-0.15, -0.1) is 0 Å². The molecule has 0 saturated carbocycles. The number of pyridine rings is 2. The van der Waals surface area contributed by atoms with Gasteiger partial charge in [-0.25, -0.2) is 9.55 Å². The van der Waals surface area contributed by atoms with E-state index in [1.165, 1.54) is 0 Å². The largest absolute Gasteiger partial charge is 0.314 e. The summed E-state index contributed by atoms with van der Waals surface area (Å²) in [6, 6.07) is 13.7. The Morgan fingerprint density at radius 3 is 2.83 bits per heavy atom. The molecule has 3 heteroatoms. The molecular weight excluding hydrogens is 282 g/mol. The Morgan fingerprint density at radius 2 is 2.00 bits per heavy atom. The Bertz CT molecular complexity index is 1160. The summed E-state index contributed by atoms with van der Waals surface area (Å²) in [6.07, 6.45) is 1.99.